The maximum Gasteiger partial charge on any atom is 0.338 e. The Morgan fingerprint density at radius 3 is 2.19 bits per heavy atom. The van der Waals surface area contributed by atoms with Crippen LogP contribution in [-0.4, -0.2) is 81.6 Å². The number of carbonyl (C=O) groups excluding carboxylic acids is 3. The summed E-state index contributed by atoms with van der Waals surface area (Å²) in [5.41, 5.74) is -4.78. The highest BCUT2D eigenvalue weighted by Crippen LogP contribution is 2.66. The van der Waals surface area contributed by atoms with Gasteiger partial charge in [-0.15, -0.1) is 0 Å². The van der Waals surface area contributed by atoms with Gasteiger partial charge in [0.05, 0.1) is 24.2 Å². The lowest BCUT2D eigenvalue weighted by Crippen LogP contribution is -2.81. The molecule has 0 radical (unpaired) electrons. The average molecular weight is 587 g/mol. The van der Waals surface area contributed by atoms with Crippen molar-refractivity contribution in [3.63, 3.8) is 0 Å². The van der Waals surface area contributed by atoms with E-state index in [9.17, 15) is 29.7 Å². The van der Waals surface area contributed by atoms with E-state index < -0.39 is 76.4 Å². The van der Waals surface area contributed by atoms with Crippen LogP contribution in [0.15, 0.2) is 41.5 Å². The van der Waals surface area contributed by atoms with Gasteiger partial charge >= 0.3 is 17.9 Å². The summed E-state index contributed by atoms with van der Waals surface area (Å²) in [6.45, 7) is 11.3. The molecule has 4 aliphatic rings. The van der Waals surface area contributed by atoms with E-state index >= 15 is 0 Å². The van der Waals surface area contributed by atoms with Crippen LogP contribution in [0.25, 0.3) is 0 Å². The van der Waals surface area contributed by atoms with E-state index in [0.29, 0.717) is 17.6 Å². The molecule has 3 N–H and O–H groups in total. The fraction of sp³-hybridized carbons (Fsp3) is 0.656. The Morgan fingerprint density at radius 2 is 1.64 bits per heavy atom. The minimum atomic E-state index is -1.96. The summed E-state index contributed by atoms with van der Waals surface area (Å²) in [7, 11) is 0. The van der Waals surface area contributed by atoms with Gasteiger partial charge in [0.2, 0.25) is 0 Å². The lowest BCUT2D eigenvalue weighted by atomic mass is 9.43. The van der Waals surface area contributed by atoms with Gasteiger partial charge < -0.3 is 34.3 Å². The normalized spacial score (nSPS) is 42.1. The van der Waals surface area contributed by atoms with Crippen LogP contribution in [0, 0.1) is 22.7 Å². The maximum atomic E-state index is 13.8. The molecule has 2 saturated carbocycles. The molecule has 3 fully saturated rings. The molecule has 10 atom stereocenters. The topological polar surface area (TPSA) is 149 Å². The Labute approximate surface area is 246 Å². The van der Waals surface area contributed by atoms with Crippen molar-refractivity contribution in [3.8, 4) is 0 Å². The molecule has 10 heteroatoms. The second-order valence-electron chi connectivity index (χ2n) is 13.4. The third-order valence-corrected chi connectivity index (χ3v) is 10.9. The highest BCUT2D eigenvalue weighted by Gasteiger charge is 2.77. The summed E-state index contributed by atoms with van der Waals surface area (Å²) in [5.74, 6) is -3.30. The zero-order chi connectivity index (χ0) is 31.0. The predicted molar refractivity (Wildman–Crippen MR) is 149 cm³/mol. The molecule has 2 bridgehead atoms. The Morgan fingerprint density at radius 1 is 1.00 bits per heavy atom. The van der Waals surface area contributed by atoms with Crippen LogP contribution in [0.1, 0.15) is 71.7 Å². The van der Waals surface area contributed by atoms with Crippen LogP contribution in [0.4, 0.5) is 0 Å². The van der Waals surface area contributed by atoms with Gasteiger partial charge in [-0.05, 0) is 42.5 Å². The van der Waals surface area contributed by atoms with Crippen molar-refractivity contribution in [1.29, 1.82) is 0 Å². The molecule has 3 aliphatic carbocycles. The SMILES string of the molecule is CC(=O)O[C@@H]1C2=C(C)[C@@H](O)C[C@@](O)(C(OC(=O)c3ccccc3)C3[C@](C)([C@@H]1O)[C@@H](C)C[C@H]1OC[C@@]31OC(C)=O)C2(C)C. The Balaban J connectivity index is 1.83. The van der Waals surface area contributed by atoms with E-state index in [1.165, 1.54) is 13.8 Å². The molecular weight excluding hydrogens is 544 g/mol. The maximum absolute atomic E-state index is 13.8. The highest BCUT2D eigenvalue weighted by atomic mass is 16.6. The van der Waals surface area contributed by atoms with Gasteiger partial charge in [-0.1, -0.05) is 45.9 Å². The highest BCUT2D eigenvalue weighted by molar-refractivity contribution is 5.89. The van der Waals surface area contributed by atoms with Crippen LogP contribution in [0.5, 0.6) is 0 Å². The Bertz CT molecular complexity index is 1310. The molecule has 1 heterocycles. The molecule has 1 saturated heterocycles. The number of hydrogen-bond acceptors (Lipinski definition) is 10. The fourth-order valence-electron chi connectivity index (χ4n) is 8.46. The number of aliphatic hydroxyl groups is 3. The first kappa shape index (κ1) is 30.7. The third-order valence-electron chi connectivity index (χ3n) is 10.9. The minimum Gasteiger partial charge on any atom is -0.455 e. The average Bonchev–Trinajstić information content (AvgIpc) is 2.90. The van der Waals surface area contributed by atoms with E-state index in [4.69, 9.17) is 18.9 Å². The van der Waals surface area contributed by atoms with Gasteiger partial charge in [-0.3, -0.25) is 9.59 Å². The first-order chi connectivity index (χ1) is 19.5. The third kappa shape index (κ3) is 4.17. The summed E-state index contributed by atoms with van der Waals surface area (Å²) in [4.78, 5) is 38.9. The van der Waals surface area contributed by atoms with Crippen LogP contribution in [0.3, 0.4) is 0 Å². The van der Waals surface area contributed by atoms with Crippen molar-refractivity contribution in [1.82, 2.24) is 0 Å². The number of fused-ring (bicyclic) bond motifs is 5. The van der Waals surface area contributed by atoms with Crippen molar-refractivity contribution in [2.75, 3.05) is 6.61 Å². The van der Waals surface area contributed by atoms with Crippen LogP contribution < -0.4 is 0 Å². The summed E-state index contributed by atoms with van der Waals surface area (Å²) in [6, 6.07) is 8.34. The van der Waals surface area contributed by atoms with Crippen LogP contribution in [-0.2, 0) is 28.5 Å². The van der Waals surface area contributed by atoms with Gasteiger partial charge in [0.25, 0.3) is 0 Å². The molecular formula is C32H42O10. The molecule has 42 heavy (non-hydrogen) atoms. The lowest BCUT2D eigenvalue weighted by molar-refractivity contribution is -0.358. The van der Waals surface area contributed by atoms with E-state index in [1.807, 2.05) is 6.92 Å². The van der Waals surface area contributed by atoms with Crippen molar-refractivity contribution in [2.45, 2.75) is 103 Å². The molecule has 2 unspecified atom stereocenters. The van der Waals surface area contributed by atoms with E-state index in [2.05, 4.69) is 0 Å². The summed E-state index contributed by atoms with van der Waals surface area (Å²) in [5, 5.41) is 36.8. The number of ether oxygens (including phenoxy) is 4. The molecule has 5 rings (SSSR count). The molecule has 1 aromatic carbocycles. The second kappa shape index (κ2) is 10.1. The number of esters is 3. The molecule has 10 nitrogen and oxygen atoms in total. The van der Waals surface area contributed by atoms with E-state index in [0.717, 1.165) is 0 Å². The Kier molecular flexibility index (Phi) is 7.41. The van der Waals surface area contributed by atoms with Gasteiger partial charge in [0, 0.05) is 31.1 Å². The second-order valence-corrected chi connectivity index (χ2v) is 13.4. The number of rotatable bonds is 4. The molecule has 0 spiro atoms. The summed E-state index contributed by atoms with van der Waals surface area (Å²) < 4.78 is 24.2. The zero-order valence-corrected chi connectivity index (χ0v) is 25.2. The van der Waals surface area contributed by atoms with Crippen molar-refractivity contribution in [3.05, 3.63) is 47.0 Å². The first-order valence-corrected chi connectivity index (χ1v) is 14.6. The summed E-state index contributed by atoms with van der Waals surface area (Å²) in [6.07, 6.45) is -5.64. The number of benzene rings is 1. The van der Waals surface area contributed by atoms with Crippen LogP contribution >= 0.6 is 0 Å². The van der Waals surface area contributed by atoms with Gasteiger partial charge in [-0.2, -0.15) is 0 Å². The van der Waals surface area contributed by atoms with E-state index in [-0.39, 0.29) is 24.5 Å². The number of hydrogen-bond donors (Lipinski definition) is 3. The quantitative estimate of drug-likeness (QED) is 0.273. The standard InChI is InChI=1S/C32H42O10/c1-16-13-22-31(15-39-22,42-19(4)34)25-27(41-28(37)20-11-9-8-10-12-20)32(38)14-21(35)17(2)23(29(32,5)6)24(40-18(3)33)26(36)30(16,25)7/h8-12,16,21-22,24-27,35-36,38H,13-15H2,1-7H3/t16-,21-,22+,24+,25?,26+,27?,30+,31-,32+/m0/s1. The zero-order valence-electron chi connectivity index (χ0n) is 25.2. The first-order valence-electron chi connectivity index (χ1n) is 14.6. The molecule has 1 aliphatic heterocycles. The fourth-order valence-corrected chi connectivity index (χ4v) is 8.46. The largest absolute Gasteiger partial charge is 0.455 e. The van der Waals surface area contributed by atoms with Crippen molar-refractivity contribution < 1.29 is 48.7 Å². The minimum absolute atomic E-state index is 0.0463. The Hall–Kier alpha value is -2.79. The van der Waals surface area contributed by atoms with Crippen molar-refractivity contribution >= 4 is 17.9 Å². The smallest absolute Gasteiger partial charge is 0.338 e. The van der Waals surface area contributed by atoms with Gasteiger partial charge in [0.15, 0.2) is 11.7 Å². The molecule has 230 valence electrons. The monoisotopic (exact) mass is 586 g/mol. The van der Waals surface area contributed by atoms with Crippen LogP contribution in [0.2, 0.25) is 0 Å². The van der Waals surface area contributed by atoms with Crippen molar-refractivity contribution in [2.24, 2.45) is 22.7 Å². The van der Waals surface area contributed by atoms with E-state index in [1.54, 1.807) is 58.0 Å². The lowest BCUT2D eigenvalue weighted by Gasteiger charge is -2.69. The molecule has 0 aromatic heterocycles. The summed E-state index contributed by atoms with van der Waals surface area (Å²) >= 11 is 0. The molecule has 0 amide bonds. The van der Waals surface area contributed by atoms with Gasteiger partial charge in [-0.25, -0.2) is 4.79 Å². The predicted octanol–water partition coefficient (Wildman–Crippen LogP) is 2.72. The van der Waals surface area contributed by atoms with Gasteiger partial charge in [0.1, 0.15) is 23.9 Å². The molecule has 1 aromatic rings. The number of carbonyl (C=O) groups is 3. The number of aliphatic hydroxyl groups excluding tert-OH is 2.